The number of hydrogen-bond donors (Lipinski definition) is 1. The minimum atomic E-state index is 0.0992. The molecular formula is C18H19NO2S. The van der Waals surface area contributed by atoms with Crippen molar-refractivity contribution in [3.05, 3.63) is 46.2 Å². The van der Waals surface area contributed by atoms with Gasteiger partial charge in [-0.3, -0.25) is 4.79 Å². The van der Waals surface area contributed by atoms with Crippen LogP contribution < -0.4 is 10.1 Å². The highest BCUT2D eigenvalue weighted by Gasteiger charge is 2.27. The first kappa shape index (κ1) is 13.8. The molecule has 22 heavy (non-hydrogen) atoms. The lowest BCUT2D eigenvalue weighted by Gasteiger charge is -2.23. The average molecular weight is 313 g/mol. The van der Waals surface area contributed by atoms with E-state index in [1.165, 1.54) is 36.1 Å². The quantitative estimate of drug-likeness (QED) is 0.903. The summed E-state index contributed by atoms with van der Waals surface area (Å²) in [7, 11) is 0. The predicted octanol–water partition coefficient (Wildman–Crippen LogP) is 4.54. The Hall–Kier alpha value is -1.81. The predicted molar refractivity (Wildman–Crippen MR) is 88.7 cm³/mol. The normalized spacial score (nSPS) is 21.5. The van der Waals surface area contributed by atoms with Crippen LogP contribution >= 0.6 is 11.3 Å². The molecule has 1 fully saturated rings. The summed E-state index contributed by atoms with van der Waals surface area (Å²) in [6.45, 7) is 0. The van der Waals surface area contributed by atoms with Crippen LogP contribution in [0.25, 0.3) is 0 Å². The van der Waals surface area contributed by atoms with Gasteiger partial charge in [-0.1, -0.05) is 12.1 Å². The van der Waals surface area contributed by atoms with Crippen LogP contribution in [0.1, 0.15) is 48.5 Å². The van der Waals surface area contributed by atoms with E-state index in [-0.39, 0.29) is 11.8 Å². The summed E-state index contributed by atoms with van der Waals surface area (Å²) >= 11 is 1.71. The number of thiophene rings is 1. The maximum absolute atomic E-state index is 11.9. The summed E-state index contributed by atoms with van der Waals surface area (Å²) in [4.78, 5) is 13.1. The Morgan fingerprint density at radius 2 is 1.86 bits per heavy atom. The molecule has 1 amide bonds. The number of nitrogens with one attached hydrogen (secondary N) is 1. The highest BCUT2D eigenvalue weighted by Crippen LogP contribution is 2.40. The van der Waals surface area contributed by atoms with E-state index >= 15 is 0 Å². The second-order valence-corrected chi connectivity index (χ2v) is 7.04. The third-order valence-corrected chi connectivity index (χ3v) is 5.59. The summed E-state index contributed by atoms with van der Waals surface area (Å²) in [5.74, 6) is 1.22. The molecule has 1 aromatic carbocycles. The molecule has 1 unspecified atom stereocenters. The lowest BCUT2D eigenvalue weighted by molar-refractivity contribution is -0.116. The highest BCUT2D eigenvalue weighted by molar-refractivity contribution is 7.10. The van der Waals surface area contributed by atoms with Crippen molar-refractivity contribution in [2.45, 2.75) is 44.1 Å². The zero-order valence-corrected chi connectivity index (χ0v) is 13.2. The van der Waals surface area contributed by atoms with Gasteiger partial charge in [0.1, 0.15) is 5.75 Å². The van der Waals surface area contributed by atoms with Crippen LogP contribution in [0.2, 0.25) is 0 Å². The Morgan fingerprint density at radius 3 is 2.64 bits per heavy atom. The molecule has 0 saturated heterocycles. The van der Waals surface area contributed by atoms with Crippen molar-refractivity contribution in [2.75, 3.05) is 5.32 Å². The Bertz CT molecular complexity index is 671. The van der Waals surface area contributed by atoms with Crippen molar-refractivity contribution in [1.82, 2.24) is 0 Å². The minimum Gasteiger partial charge on any atom is -0.490 e. The molecule has 1 atom stereocenters. The van der Waals surface area contributed by atoms with E-state index in [2.05, 4.69) is 17.4 Å². The number of carbonyl (C=O) groups is 1. The Labute approximate surface area is 134 Å². The van der Waals surface area contributed by atoms with Gasteiger partial charge in [-0.2, -0.15) is 0 Å². The lowest BCUT2D eigenvalue weighted by Crippen LogP contribution is -2.21. The van der Waals surface area contributed by atoms with Gasteiger partial charge in [0.15, 0.2) is 0 Å². The molecule has 4 rings (SSSR count). The fraction of sp³-hybridized carbons (Fsp3) is 0.389. The molecule has 4 heteroatoms. The molecule has 1 aliphatic heterocycles. The first-order valence-electron chi connectivity index (χ1n) is 7.93. The van der Waals surface area contributed by atoms with Crippen molar-refractivity contribution in [3.63, 3.8) is 0 Å². The summed E-state index contributed by atoms with van der Waals surface area (Å²) in [6, 6.07) is 10.3. The third-order valence-electron chi connectivity index (χ3n) is 4.56. The van der Waals surface area contributed by atoms with Crippen LogP contribution in [0.4, 0.5) is 5.69 Å². The Balaban J connectivity index is 1.55. The first-order chi connectivity index (χ1) is 10.8. The summed E-state index contributed by atoms with van der Waals surface area (Å²) in [6.07, 6.45) is 5.81. The van der Waals surface area contributed by atoms with Crippen LogP contribution in [0, 0.1) is 0 Å². The first-order valence-corrected chi connectivity index (χ1v) is 8.81. The van der Waals surface area contributed by atoms with Gasteiger partial charge in [0.25, 0.3) is 0 Å². The third kappa shape index (κ3) is 2.63. The topological polar surface area (TPSA) is 38.3 Å². The van der Waals surface area contributed by atoms with Gasteiger partial charge >= 0.3 is 0 Å². The van der Waals surface area contributed by atoms with Gasteiger partial charge < -0.3 is 10.1 Å². The lowest BCUT2D eigenvalue weighted by atomic mass is 9.91. The maximum atomic E-state index is 11.9. The molecule has 2 aromatic rings. The van der Waals surface area contributed by atoms with Crippen molar-refractivity contribution in [1.29, 1.82) is 0 Å². The number of ether oxygens (including phenoxy) is 1. The Kier molecular flexibility index (Phi) is 3.62. The molecule has 0 bridgehead atoms. The molecule has 114 valence electrons. The number of benzene rings is 1. The van der Waals surface area contributed by atoms with E-state index in [1.54, 1.807) is 11.3 Å². The number of hydrogen-bond acceptors (Lipinski definition) is 3. The second-order valence-electron chi connectivity index (χ2n) is 6.10. The van der Waals surface area contributed by atoms with E-state index in [1.807, 2.05) is 23.6 Å². The fourth-order valence-electron chi connectivity index (χ4n) is 3.42. The van der Waals surface area contributed by atoms with Crippen LogP contribution in [-0.4, -0.2) is 12.0 Å². The van der Waals surface area contributed by atoms with Crippen LogP contribution in [0.5, 0.6) is 5.75 Å². The van der Waals surface area contributed by atoms with Gasteiger partial charge in [-0.25, -0.2) is 0 Å². The second kappa shape index (κ2) is 5.76. The molecule has 1 saturated carbocycles. The fourth-order valence-corrected chi connectivity index (χ4v) is 4.40. The molecule has 3 nitrogen and oxygen atoms in total. The van der Waals surface area contributed by atoms with E-state index in [0.717, 1.165) is 11.4 Å². The van der Waals surface area contributed by atoms with Gasteiger partial charge in [0.05, 0.1) is 11.8 Å². The molecule has 1 aliphatic carbocycles. The molecule has 1 aromatic heterocycles. The molecule has 0 spiro atoms. The zero-order valence-electron chi connectivity index (χ0n) is 12.4. The number of rotatable bonds is 3. The highest BCUT2D eigenvalue weighted by atomic mass is 32.1. The smallest absolute Gasteiger partial charge is 0.225 e. The maximum Gasteiger partial charge on any atom is 0.225 e. The number of carbonyl (C=O) groups excluding carboxylic acids is 1. The van der Waals surface area contributed by atoms with Crippen LogP contribution in [0.15, 0.2) is 35.7 Å². The van der Waals surface area contributed by atoms with E-state index in [0.29, 0.717) is 12.5 Å². The SMILES string of the molecule is O=C1CC(c2ccc(OC3CCCC3)cc2)c2sccc2N1. The minimum absolute atomic E-state index is 0.0992. The average Bonchev–Trinajstić information content (AvgIpc) is 3.18. The van der Waals surface area contributed by atoms with Gasteiger partial charge in [-0.05, 0) is 54.8 Å². The van der Waals surface area contributed by atoms with Gasteiger partial charge in [-0.15, -0.1) is 11.3 Å². The van der Waals surface area contributed by atoms with Gasteiger partial charge in [0.2, 0.25) is 5.91 Å². The van der Waals surface area contributed by atoms with Crippen molar-refractivity contribution in [3.8, 4) is 5.75 Å². The van der Waals surface area contributed by atoms with Crippen molar-refractivity contribution >= 4 is 22.9 Å². The number of amides is 1. The monoisotopic (exact) mass is 313 g/mol. The number of anilines is 1. The zero-order chi connectivity index (χ0) is 14.9. The molecular weight excluding hydrogens is 294 g/mol. The van der Waals surface area contributed by atoms with Crippen molar-refractivity contribution < 1.29 is 9.53 Å². The van der Waals surface area contributed by atoms with Crippen LogP contribution in [0.3, 0.4) is 0 Å². The largest absolute Gasteiger partial charge is 0.490 e. The van der Waals surface area contributed by atoms with Crippen LogP contribution in [-0.2, 0) is 4.79 Å². The molecule has 0 radical (unpaired) electrons. The summed E-state index contributed by atoms with van der Waals surface area (Å²) in [5.41, 5.74) is 2.16. The van der Waals surface area contributed by atoms with Crippen molar-refractivity contribution in [2.24, 2.45) is 0 Å². The summed E-state index contributed by atoms with van der Waals surface area (Å²) < 4.78 is 6.02. The molecule has 2 aliphatic rings. The Morgan fingerprint density at radius 1 is 1.09 bits per heavy atom. The van der Waals surface area contributed by atoms with Gasteiger partial charge in [0, 0.05) is 17.2 Å². The molecule has 2 heterocycles. The summed E-state index contributed by atoms with van der Waals surface area (Å²) in [5, 5.41) is 4.99. The van der Waals surface area contributed by atoms with E-state index in [9.17, 15) is 4.79 Å². The standard InChI is InChI=1S/C18H19NO2S/c20-17-11-15(18-16(19-17)9-10-22-18)12-5-7-14(8-6-12)21-13-3-1-2-4-13/h5-10,13,15H,1-4,11H2,(H,19,20). The van der Waals surface area contributed by atoms with E-state index in [4.69, 9.17) is 4.74 Å². The number of fused-ring (bicyclic) bond motifs is 1. The van der Waals surface area contributed by atoms with E-state index < -0.39 is 0 Å². The molecule has 1 N–H and O–H groups in total.